The first-order valence-electron chi connectivity index (χ1n) is 15.3. The highest BCUT2D eigenvalue weighted by molar-refractivity contribution is 5.97. The van der Waals surface area contributed by atoms with Crippen molar-refractivity contribution in [2.24, 2.45) is 0 Å². The van der Waals surface area contributed by atoms with Gasteiger partial charge >= 0.3 is 0 Å². The second kappa shape index (κ2) is 12.6. The van der Waals surface area contributed by atoms with Crippen molar-refractivity contribution in [3.05, 3.63) is 83.2 Å². The summed E-state index contributed by atoms with van der Waals surface area (Å²) in [6.07, 6.45) is 8.02. The number of hydrogen-bond donors (Lipinski definition) is 4. The molecular formula is C33H37N9O3. The molecule has 4 aromatic heterocycles. The summed E-state index contributed by atoms with van der Waals surface area (Å²) in [5, 5.41) is 34.0. The molecule has 12 heteroatoms. The van der Waals surface area contributed by atoms with Crippen LogP contribution in [0.5, 0.6) is 0 Å². The number of rotatable bonds is 12. The highest BCUT2D eigenvalue weighted by Crippen LogP contribution is 2.46. The van der Waals surface area contributed by atoms with E-state index in [2.05, 4.69) is 53.2 Å². The molecule has 0 unspecified atom stereocenters. The molecule has 0 bridgehead atoms. The Kier molecular flexibility index (Phi) is 8.40. The predicted octanol–water partition coefficient (Wildman–Crippen LogP) is 4.63. The summed E-state index contributed by atoms with van der Waals surface area (Å²) < 4.78 is 1.68. The number of benzene rings is 1. The lowest BCUT2D eigenvalue weighted by Crippen LogP contribution is -2.23. The van der Waals surface area contributed by atoms with Crippen molar-refractivity contribution in [2.45, 2.75) is 77.5 Å². The number of unbranched alkanes of at least 4 members (excludes halogenated alkanes) is 1. The number of fused-ring (bicyclic) bond motifs is 1. The summed E-state index contributed by atoms with van der Waals surface area (Å²) in [5.41, 5.74) is 6.42. The largest absolute Gasteiger partial charge is 0.384 e. The van der Waals surface area contributed by atoms with E-state index in [-0.39, 0.29) is 17.5 Å². The summed E-state index contributed by atoms with van der Waals surface area (Å²) in [6.45, 7) is 5.77. The van der Waals surface area contributed by atoms with E-state index in [1.807, 2.05) is 24.3 Å². The Labute approximate surface area is 260 Å². The van der Waals surface area contributed by atoms with E-state index in [1.54, 1.807) is 37.0 Å². The Morgan fingerprint density at radius 1 is 1.09 bits per heavy atom. The van der Waals surface area contributed by atoms with E-state index in [4.69, 9.17) is 0 Å². The molecular weight excluding hydrogens is 570 g/mol. The van der Waals surface area contributed by atoms with Crippen LogP contribution in [0, 0.1) is 0 Å². The van der Waals surface area contributed by atoms with Gasteiger partial charge in [0, 0.05) is 48.5 Å². The number of carbonyl (C=O) groups is 2. The molecule has 1 saturated carbocycles. The van der Waals surface area contributed by atoms with Crippen LogP contribution in [0.2, 0.25) is 0 Å². The van der Waals surface area contributed by atoms with Gasteiger partial charge in [0.05, 0.1) is 17.6 Å². The minimum Gasteiger partial charge on any atom is -0.384 e. The Balaban J connectivity index is 1.05. The maximum absolute atomic E-state index is 12.6. The van der Waals surface area contributed by atoms with E-state index in [9.17, 15) is 14.7 Å². The van der Waals surface area contributed by atoms with E-state index in [0.717, 1.165) is 71.2 Å². The zero-order valence-corrected chi connectivity index (χ0v) is 25.7. The van der Waals surface area contributed by atoms with Crippen molar-refractivity contribution in [3.8, 4) is 11.1 Å². The number of aromatic nitrogens is 7. The number of carbonyl (C=O) groups excluding carboxylic acids is 2. The summed E-state index contributed by atoms with van der Waals surface area (Å²) in [5.74, 6) is 0.0716. The minimum absolute atomic E-state index is 0.101. The fraction of sp³-hybridized carbons (Fsp3) is 0.364. The quantitative estimate of drug-likeness (QED) is 0.149. The molecule has 5 aromatic rings. The van der Waals surface area contributed by atoms with Crippen LogP contribution in [0.1, 0.15) is 85.5 Å². The smallest absolute Gasteiger partial charge is 0.273 e. The van der Waals surface area contributed by atoms with Gasteiger partial charge in [-0.3, -0.25) is 19.3 Å². The third kappa shape index (κ3) is 7.23. The molecule has 12 nitrogen and oxygen atoms in total. The number of hydrogen-bond acceptors (Lipinski definition) is 8. The van der Waals surface area contributed by atoms with Gasteiger partial charge in [-0.25, -0.2) is 0 Å². The van der Waals surface area contributed by atoms with Gasteiger partial charge in [-0.1, -0.05) is 23.4 Å². The Bertz CT molecular complexity index is 1830. The van der Waals surface area contributed by atoms with Crippen LogP contribution in [-0.2, 0) is 29.9 Å². The molecule has 0 saturated heterocycles. The molecule has 2 amide bonds. The van der Waals surface area contributed by atoms with Crippen molar-refractivity contribution in [2.75, 3.05) is 5.32 Å². The second-order valence-electron chi connectivity index (χ2n) is 12.2. The molecule has 1 aromatic carbocycles. The van der Waals surface area contributed by atoms with E-state index < -0.39 is 5.60 Å². The predicted molar refractivity (Wildman–Crippen MR) is 169 cm³/mol. The molecule has 4 N–H and O–H groups in total. The number of anilines is 1. The molecule has 1 aliphatic rings. The zero-order valence-electron chi connectivity index (χ0n) is 25.7. The molecule has 0 atom stereocenters. The lowest BCUT2D eigenvalue weighted by Gasteiger charge is -2.16. The summed E-state index contributed by atoms with van der Waals surface area (Å²) in [6, 6.07) is 13.6. The third-order valence-corrected chi connectivity index (χ3v) is 7.84. The van der Waals surface area contributed by atoms with Gasteiger partial charge in [-0.05, 0) is 87.3 Å². The van der Waals surface area contributed by atoms with Crippen molar-refractivity contribution >= 4 is 28.5 Å². The van der Waals surface area contributed by atoms with Crippen LogP contribution in [-0.4, -0.2) is 52.1 Å². The number of pyridine rings is 1. The van der Waals surface area contributed by atoms with E-state index >= 15 is 0 Å². The Hall–Kier alpha value is -4.97. The number of aliphatic hydroxyl groups is 1. The molecule has 6 rings (SSSR count). The van der Waals surface area contributed by atoms with Crippen molar-refractivity contribution in [1.82, 2.24) is 40.5 Å². The molecule has 1 aliphatic carbocycles. The summed E-state index contributed by atoms with van der Waals surface area (Å²) >= 11 is 0. The third-order valence-electron chi connectivity index (χ3n) is 7.84. The number of nitrogens with one attached hydrogen (secondary N) is 3. The van der Waals surface area contributed by atoms with Crippen molar-refractivity contribution in [3.63, 3.8) is 0 Å². The second-order valence-corrected chi connectivity index (χ2v) is 12.2. The average Bonchev–Trinajstić information content (AvgIpc) is 3.62. The fourth-order valence-corrected chi connectivity index (χ4v) is 5.37. The number of aromatic amines is 1. The topological polar surface area (TPSA) is 164 Å². The maximum atomic E-state index is 12.6. The van der Waals surface area contributed by atoms with E-state index in [1.165, 1.54) is 12.6 Å². The molecule has 45 heavy (non-hydrogen) atoms. The van der Waals surface area contributed by atoms with Crippen LogP contribution in [0.15, 0.2) is 54.9 Å². The van der Waals surface area contributed by atoms with Crippen LogP contribution >= 0.6 is 0 Å². The van der Waals surface area contributed by atoms with Crippen molar-refractivity contribution in [1.29, 1.82) is 0 Å². The molecule has 0 aliphatic heterocycles. The summed E-state index contributed by atoms with van der Waals surface area (Å²) in [4.78, 5) is 32.0. The summed E-state index contributed by atoms with van der Waals surface area (Å²) in [7, 11) is 0. The monoisotopic (exact) mass is 607 g/mol. The Morgan fingerprint density at radius 3 is 2.67 bits per heavy atom. The van der Waals surface area contributed by atoms with Crippen LogP contribution in [0.3, 0.4) is 0 Å². The highest BCUT2D eigenvalue weighted by atomic mass is 16.3. The first-order chi connectivity index (χ1) is 21.6. The van der Waals surface area contributed by atoms with Gasteiger partial charge < -0.3 is 20.7 Å². The standard InChI is InChI=1S/C33H37N9O3/c1-20(43)36-24-9-6-7-23(15-24)29-26-16-25(38-40-31(26)37-30(29)22-11-12-22)8-4-5-14-42-19-27(39-41-42)32(44)35-18-21-10-13-28(34-17-21)33(2,3)45/h6-7,9-10,13,15-17,19,22,45H,4-5,8,11-12,14,18H2,1-3H3,(H,35,44)(H,36,43)(H,37,40). The molecule has 4 heterocycles. The fourth-order valence-electron chi connectivity index (χ4n) is 5.37. The van der Waals surface area contributed by atoms with E-state index in [0.29, 0.717) is 24.7 Å². The number of amides is 2. The molecule has 1 fully saturated rings. The van der Waals surface area contributed by atoms with Gasteiger partial charge in [0.25, 0.3) is 5.91 Å². The van der Waals surface area contributed by atoms with Crippen LogP contribution in [0.25, 0.3) is 22.2 Å². The van der Waals surface area contributed by atoms with Gasteiger partial charge in [-0.2, -0.15) is 5.10 Å². The zero-order chi connectivity index (χ0) is 31.6. The number of nitrogens with zero attached hydrogens (tertiary/aromatic N) is 6. The average molecular weight is 608 g/mol. The first kappa shape index (κ1) is 30.1. The first-order valence-corrected chi connectivity index (χ1v) is 15.3. The van der Waals surface area contributed by atoms with Gasteiger partial charge in [-0.15, -0.1) is 10.2 Å². The van der Waals surface area contributed by atoms with Crippen LogP contribution < -0.4 is 10.6 Å². The van der Waals surface area contributed by atoms with Gasteiger partial charge in [0.1, 0.15) is 5.60 Å². The molecule has 0 spiro atoms. The SMILES string of the molecule is CC(=O)Nc1cccc(-c2c(C3CC3)[nH]c3nnc(CCCCn4cc(C(=O)NCc5ccc(C(C)(C)O)nc5)nn4)cc23)c1. The molecule has 0 radical (unpaired) electrons. The van der Waals surface area contributed by atoms with Crippen molar-refractivity contribution < 1.29 is 14.7 Å². The maximum Gasteiger partial charge on any atom is 0.273 e. The van der Waals surface area contributed by atoms with Crippen LogP contribution in [0.4, 0.5) is 5.69 Å². The normalized spacial score (nSPS) is 13.2. The van der Waals surface area contributed by atoms with Gasteiger partial charge in [0.2, 0.25) is 5.91 Å². The minimum atomic E-state index is -1.02. The Morgan fingerprint density at radius 2 is 1.93 bits per heavy atom. The lowest BCUT2D eigenvalue weighted by atomic mass is 9.99. The number of H-pyrrole nitrogens is 1. The lowest BCUT2D eigenvalue weighted by molar-refractivity contribution is -0.114. The number of aryl methyl sites for hydroxylation is 2. The highest BCUT2D eigenvalue weighted by Gasteiger charge is 2.30. The van der Waals surface area contributed by atoms with Gasteiger partial charge in [0.15, 0.2) is 11.3 Å². The molecule has 232 valence electrons.